The molecule has 0 aliphatic carbocycles. The summed E-state index contributed by atoms with van der Waals surface area (Å²) < 4.78 is 0. The van der Waals surface area contributed by atoms with Crippen LogP contribution >= 0.6 is 12.2 Å². The average molecular weight is 307 g/mol. The number of nitrogens with two attached hydrogens (primary N) is 1. The molecule has 1 aromatic rings. The zero-order chi connectivity index (χ0) is 15.2. The first kappa shape index (κ1) is 15.9. The third kappa shape index (κ3) is 4.49. The molecule has 21 heavy (non-hydrogen) atoms. The molecule has 1 fully saturated rings. The Morgan fingerprint density at radius 3 is 2.67 bits per heavy atom. The lowest BCUT2D eigenvalue weighted by atomic mass is 9.98. The fourth-order valence-electron chi connectivity index (χ4n) is 2.53. The van der Waals surface area contributed by atoms with Crippen LogP contribution in [0.4, 0.5) is 5.69 Å². The fourth-order valence-corrected chi connectivity index (χ4v) is 2.70. The molecule has 2 rings (SSSR count). The molecule has 4 N–H and O–H groups in total. The highest BCUT2D eigenvalue weighted by Crippen LogP contribution is 2.17. The number of piperidine rings is 1. The van der Waals surface area contributed by atoms with Crippen molar-refractivity contribution in [3.63, 3.8) is 0 Å². The number of hydrogen-bond donors (Lipinski definition) is 3. The van der Waals surface area contributed by atoms with Gasteiger partial charge in [0.25, 0.3) is 0 Å². The molecule has 0 atom stereocenters. The molecule has 0 radical (unpaired) electrons. The van der Waals surface area contributed by atoms with Gasteiger partial charge in [-0.2, -0.15) is 0 Å². The quantitative estimate of drug-likeness (QED) is 0.706. The number of carbonyl (C=O) groups is 1. The molecule has 1 saturated heterocycles. The van der Waals surface area contributed by atoms with E-state index >= 15 is 0 Å². The van der Waals surface area contributed by atoms with Crippen LogP contribution in [0.5, 0.6) is 0 Å². The number of carbonyl (C=O) groups excluding carboxylic acids is 1. The summed E-state index contributed by atoms with van der Waals surface area (Å²) in [6.45, 7) is 2.27. The van der Waals surface area contributed by atoms with Crippen LogP contribution in [-0.2, 0) is 4.79 Å². The molecular weight excluding hydrogens is 286 g/mol. The van der Waals surface area contributed by atoms with Gasteiger partial charge in [0.2, 0.25) is 5.91 Å². The maximum atomic E-state index is 12.1. The number of aliphatic hydroxyl groups excluding tert-OH is 1. The molecule has 114 valence electrons. The summed E-state index contributed by atoms with van der Waals surface area (Å²) in [5, 5.41) is 12.0. The second-order valence-electron chi connectivity index (χ2n) is 5.36. The van der Waals surface area contributed by atoms with Gasteiger partial charge in [-0.3, -0.25) is 9.69 Å². The summed E-state index contributed by atoms with van der Waals surface area (Å²) in [4.78, 5) is 14.5. The third-order valence-electron chi connectivity index (χ3n) is 3.80. The normalized spacial score (nSPS) is 16.6. The second-order valence-corrected chi connectivity index (χ2v) is 5.80. The van der Waals surface area contributed by atoms with E-state index in [0.717, 1.165) is 25.9 Å². The van der Waals surface area contributed by atoms with Gasteiger partial charge < -0.3 is 16.2 Å². The maximum absolute atomic E-state index is 12.1. The van der Waals surface area contributed by atoms with E-state index in [4.69, 9.17) is 23.1 Å². The van der Waals surface area contributed by atoms with E-state index in [9.17, 15) is 4.79 Å². The van der Waals surface area contributed by atoms with Gasteiger partial charge in [0.15, 0.2) is 0 Å². The standard InChI is InChI=1S/C15H21N3O2S/c16-15(21)12-3-1-2-4-13(12)17-14(20)9-18-7-5-11(10-19)6-8-18/h1-4,11,19H,5-10H2,(H2,16,21)(H,17,20). The van der Waals surface area contributed by atoms with Crippen LogP contribution in [0.2, 0.25) is 0 Å². The molecule has 0 aromatic heterocycles. The highest BCUT2D eigenvalue weighted by atomic mass is 32.1. The summed E-state index contributed by atoms with van der Waals surface area (Å²) in [6.07, 6.45) is 1.88. The minimum atomic E-state index is -0.0684. The van der Waals surface area contributed by atoms with E-state index in [2.05, 4.69) is 10.2 Å². The maximum Gasteiger partial charge on any atom is 0.238 e. The minimum Gasteiger partial charge on any atom is -0.396 e. The van der Waals surface area contributed by atoms with Gasteiger partial charge in [-0.05, 0) is 44.0 Å². The topological polar surface area (TPSA) is 78.6 Å². The Morgan fingerprint density at radius 2 is 2.05 bits per heavy atom. The van der Waals surface area contributed by atoms with Gasteiger partial charge in [-0.1, -0.05) is 24.4 Å². The smallest absolute Gasteiger partial charge is 0.238 e. The lowest BCUT2D eigenvalue weighted by molar-refractivity contribution is -0.117. The molecule has 5 nitrogen and oxygen atoms in total. The van der Waals surface area contributed by atoms with Gasteiger partial charge in [0, 0.05) is 12.2 Å². The predicted molar refractivity (Wildman–Crippen MR) is 87.2 cm³/mol. The van der Waals surface area contributed by atoms with Gasteiger partial charge in [0.05, 0.1) is 12.2 Å². The molecule has 1 amide bonds. The molecule has 0 bridgehead atoms. The van der Waals surface area contributed by atoms with Gasteiger partial charge >= 0.3 is 0 Å². The lowest BCUT2D eigenvalue weighted by Gasteiger charge is -2.30. The van der Waals surface area contributed by atoms with E-state index < -0.39 is 0 Å². The Kier molecular flexibility index (Phi) is 5.67. The molecule has 0 spiro atoms. The highest BCUT2D eigenvalue weighted by molar-refractivity contribution is 7.80. The van der Waals surface area contributed by atoms with Crippen molar-refractivity contribution < 1.29 is 9.90 Å². The first-order valence-corrected chi connectivity index (χ1v) is 7.53. The number of thiocarbonyl (C=S) groups is 1. The molecule has 1 aliphatic rings. The van der Waals surface area contributed by atoms with Crippen LogP contribution < -0.4 is 11.1 Å². The average Bonchev–Trinajstić information content (AvgIpc) is 2.48. The molecule has 6 heteroatoms. The second kappa shape index (κ2) is 7.49. The number of amides is 1. The van der Waals surface area contributed by atoms with E-state index in [0.29, 0.717) is 23.7 Å². The molecular formula is C15H21N3O2S. The Balaban J connectivity index is 1.89. The largest absolute Gasteiger partial charge is 0.396 e. The van der Waals surface area contributed by atoms with Crippen LogP contribution in [0.1, 0.15) is 18.4 Å². The molecule has 1 aromatic carbocycles. The highest BCUT2D eigenvalue weighted by Gasteiger charge is 2.20. The van der Waals surface area contributed by atoms with Crippen molar-refractivity contribution in [2.45, 2.75) is 12.8 Å². The number of benzene rings is 1. The van der Waals surface area contributed by atoms with E-state index in [1.165, 1.54) is 0 Å². The lowest BCUT2D eigenvalue weighted by Crippen LogP contribution is -2.40. The van der Waals surface area contributed by atoms with Gasteiger partial charge in [-0.25, -0.2) is 0 Å². The van der Waals surface area contributed by atoms with Crippen LogP contribution in [0.25, 0.3) is 0 Å². The predicted octanol–water partition coefficient (Wildman–Crippen LogP) is 0.964. The molecule has 1 heterocycles. The first-order chi connectivity index (χ1) is 10.1. The van der Waals surface area contributed by atoms with Crippen LogP contribution in [0.15, 0.2) is 24.3 Å². The zero-order valence-electron chi connectivity index (χ0n) is 11.9. The number of likely N-dealkylation sites (tertiary alicyclic amines) is 1. The van der Waals surface area contributed by atoms with Crippen molar-refractivity contribution in [3.8, 4) is 0 Å². The number of hydrogen-bond acceptors (Lipinski definition) is 4. The number of aliphatic hydroxyl groups is 1. The molecule has 1 aliphatic heterocycles. The summed E-state index contributed by atoms with van der Waals surface area (Å²) in [5.41, 5.74) is 6.98. The summed E-state index contributed by atoms with van der Waals surface area (Å²) in [5.74, 6) is 0.306. The van der Waals surface area contributed by atoms with E-state index in [1.807, 2.05) is 12.1 Å². The van der Waals surface area contributed by atoms with Crippen molar-refractivity contribution in [1.82, 2.24) is 4.90 Å². The van der Waals surface area contributed by atoms with Crippen molar-refractivity contribution in [3.05, 3.63) is 29.8 Å². The van der Waals surface area contributed by atoms with Crippen LogP contribution in [0, 0.1) is 5.92 Å². The number of para-hydroxylation sites is 1. The zero-order valence-corrected chi connectivity index (χ0v) is 12.7. The number of anilines is 1. The van der Waals surface area contributed by atoms with E-state index in [-0.39, 0.29) is 17.5 Å². The summed E-state index contributed by atoms with van der Waals surface area (Å²) >= 11 is 4.98. The summed E-state index contributed by atoms with van der Waals surface area (Å²) in [6, 6.07) is 7.27. The van der Waals surface area contributed by atoms with Crippen LogP contribution in [0.3, 0.4) is 0 Å². The number of nitrogens with zero attached hydrogens (tertiary/aromatic N) is 1. The minimum absolute atomic E-state index is 0.0684. The Labute approximate surface area is 130 Å². The molecule has 0 saturated carbocycles. The fraction of sp³-hybridized carbons (Fsp3) is 0.467. The Bertz CT molecular complexity index is 513. The van der Waals surface area contributed by atoms with Crippen molar-refractivity contribution >= 4 is 28.8 Å². The third-order valence-corrected chi connectivity index (χ3v) is 4.02. The Hall–Kier alpha value is -1.50. The van der Waals surface area contributed by atoms with Crippen molar-refractivity contribution in [1.29, 1.82) is 0 Å². The van der Waals surface area contributed by atoms with Gasteiger partial charge in [-0.15, -0.1) is 0 Å². The first-order valence-electron chi connectivity index (χ1n) is 7.12. The monoisotopic (exact) mass is 307 g/mol. The molecule has 0 unspecified atom stereocenters. The van der Waals surface area contributed by atoms with Gasteiger partial charge in [0.1, 0.15) is 4.99 Å². The SMILES string of the molecule is NC(=S)c1ccccc1NC(=O)CN1CCC(CO)CC1. The summed E-state index contributed by atoms with van der Waals surface area (Å²) in [7, 11) is 0. The van der Waals surface area contributed by atoms with Crippen molar-refractivity contribution in [2.75, 3.05) is 31.6 Å². The van der Waals surface area contributed by atoms with Crippen molar-refractivity contribution in [2.24, 2.45) is 11.7 Å². The Morgan fingerprint density at radius 1 is 1.38 bits per heavy atom. The number of nitrogens with one attached hydrogen (secondary N) is 1. The van der Waals surface area contributed by atoms with Crippen LogP contribution in [-0.4, -0.2) is 47.1 Å². The number of rotatable bonds is 5. The van der Waals surface area contributed by atoms with E-state index in [1.54, 1.807) is 12.1 Å².